The highest BCUT2D eigenvalue weighted by Gasteiger charge is 1.95. The highest BCUT2D eigenvalue weighted by molar-refractivity contribution is 5.37. The monoisotopic (exact) mass is 148 g/mol. The van der Waals surface area contributed by atoms with E-state index >= 15 is 0 Å². The fraction of sp³-hybridized carbons (Fsp3) is 0.250. The van der Waals surface area contributed by atoms with Crippen LogP contribution in [0.5, 0.6) is 0 Å². The number of allylic oxidation sites excluding steroid dienone is 3. The van der Waals surface area contributed by atoms with E-state index in [4.69, 9.17) is 11.8 Å². The van der Waals surface area contributed by atoms with Crippen LogP contribution >= 0.6 is 0 Å². The summed E-state index contributed by atoms with van der Waals surface area (Å²) in [5, 5.41) is 8.40. The SMILES string of the molecule is [C-]#[N+]/C(C#N)=C(C)/C=C/OC. The zero-order valence-electron chi connectivity index (χ0n) is 6.46. The van der Waals surface area contributed by atoms with Crippen molar-refractivity contribution in [2.45, 2.75) is 6.92 Å². The summed E-state index contributed by atoms with van der Waals surface area (Å²) in [6.07, 6.45) is 3.01. The van der Waals surface area contributed by atoms with E-state index in [1.807, 2.05) is 0 Å². The Labute approximate surface area is 66.0 Å². The van der Waals surface area contributed by atoms with Crippen LogP contribution in [-0.4, -0.2) is 7.11 Å². The number of methoxy groups -OCH3 is 1. The summed E-state index contributed by atoms with van der Waals surface area (Å²) in [5.41, 5.74) is 0.711. The Bertz CT molecular complexity index is 247. The van der Waals surface area contributed by atoms with E-state index in [0.29, 0.717) is 5.57 Å². The number of rotatable bonds is 2. The standard InChI is InChI=1S/C8H8N2O/c1-7(4-5-11-3)8(6-9)10-2/h4-5H,1,3H3/b5-4+,8-7+. The molecule has 0 heterocycles. The maximum atomic E-state index is 8.40. The summed E-state index contributed by atoms with van der Waals surface area (Å²) in [6, 6.07) is 1.78. The third kappa shape index (κ3) is 3.07. The van der Waals surface area contributed by atoms with Gasteiger partial charge in [0, 0.05) is 0 Å². The first kappa shape index (κ1) is 9.26. The van der Waals surface area contributed by atoms with E-state index in [1.165, 1.54) is 13.4 Å². The number of hydrogen-bond acceptors (Lipinski definition) is 2. The molecule has 0 aliphatic heterocycles. The highest BCUT2D eigenvalue weighted by Crippen LogP contribution is 2.05. The summed E-state index contributed by atoms with van der Waals surface area (Å²) < 4.78 is 4.62. The van der Waals surface area contributed by atoms with Gasteiger partial charge in [-0.3, -0.25) is 0 Å². The van der Waals surface area contributed by atoms with Crippen LogP contribution < -0.4 is 0 Å². The minimum absolute atomic E-state index is 0.0956. The lowest BCUT2D eigenvalue weighted by Gasteiger charge is -1.89. The van der Waals surface area contributed by atoms with E-state index in [-0.39, 0.29) is 5.70 Å². The fourth-order valence-corrected chi connectivity index (χ4v) is 0.450. The molecule has 0 bridgehead atoms. The molecular formula is C8H8N2O. The van der Waals surface area contributed by atoms with Gasteiger partial charge in [-0.05, 0) is 18.6 Å². The zero-order valence-corrected chi connectivity index (χ0v) is 6.46. The lowest BCUT2D eigenvalue weighted by molar-refractivity contribution is 0.338. The molecule has 0 radical (unpaired) electrons. The maximum Gasteiger partial charge on any atom is 0.264 e. The minimum atomic E-state index is 0.0956. The predicted octanol–water partition coefficient (Wildman–Crippen LogP) is 1.86. The molecule has 11 heavy (non-hydrogen) atoms. The average Bonchev–Trinajstić information content (AvgIpc) is 2.03. The highest BCUT2D eigenvalue weighted by atomic mass is 16.5. The largest absolute Gasteiger partial charge is 0.504 e. The van der Waals surface area contributed by atoms with Crippen LogP contribution in [0.15, 0.2) is 23.6 Å². The topological polar surface area (TPSA) is 37.4 Å². The van der Waals surface area contributed by atoms with Crippen molar-refractivity contribution < 1.29 is 4.74 Å². The molecule has 56 valence electrons. The Morgan fingerprint density at radius 1 is 1.73 bits per heavy atom. The minimum Gasteiger partial charge on any atom is -0.504 e. The van der Waals surface area contributed by atoms with E-state index < -0.39 is 0 Å². The lowest BCUT2D eigenvalue weighted by Crippen LogP contribution is -1.76. The van der Waals surface area contributed by atoms with Gasteiger partial charge in [0.2, 0.25) is 0 Å². The van der Waals surface area contributed by atoms with E-state index in [0.717, 1.165) is 0 Å². The number of nitriles is 1. The Balaban J connectivity index is 4.56. The molecule has 0 fully saturated rings. The second-order valence-corrected chi connectivity index (χ2v) is 1.79. The quantitative estimate of drug-likeness (QED) is 0.259. The van der Waals surface area contributed by atoms with E-state index in [1.54, 1.807) is 19.1 Å². The molecule has 0 saturated heterocycles. The fourth-order valence-electron chi connectivity index (χ4n) is 0.450. The second-order valence-electron chi connectivity index (χ2n) is 1.79. The van der Waals surface area contributed by atoms with E-state index in [9.17, 15) is 0 Å². The van der Waals surface area contributed by atoms with Gasteiger partial charge < -0.3 is 4.74 Å². The molecule has 0 saturated carbocycles. The normalized spacial score (nSPS) is 11.6. The van der Waals surface area contributed by atoms with Gasteiger partial charge in [0.05, 0.1) is 26.0 Å². The summed E-state index contributed by atoms with van der Waals surface area (Å²) in [7, 11) is 1.51. The van der Waals surface area contributed by atoms with Crippen molar-refractivity contribution in [1.82, 2.24) is 0 Å². The molecule has 0 spiro atoms. The third-order valence-corrected chi connectivity index (χ3v) is 1.05. The van der Waals surface area contributed by atoms with Gasteiger partial charge in [0.25, 0.3) is 5.70 Å². The number of nitrogens with zero attached hydrogens (tertiary/aromatic N) is 2. The molecule has 0 aliphatic rings. The van der Waals surface area contributed by atoms with Gasteiger partial charge >= 0.3 is 0 Å². The van der Waals surface area contributed by atoms with Gasteiger partial charge in [-0.1, -0.05) is 0 Å². The van der Waals surface area contributed by atoms with Crippen LogP contribution in [-0.2, 0) is 4.74 Å². The molecule has 0 N–H and O–H groups in total. The van der Waals surface area contributed by atoms with Crippen molar-refractivity contribution in [3.63, 3.8) is 0 Å². The Kier molecular flexibility index (Phi) is 4.27. The van der Waals surface area contributed by atoms with Crippen molar-refractivity contribution in [1.29, 1.82) is 5.26 Å². The summed E-state index contributed by atoms with van der Waals surface area (Å²) >= 11 is 0. The molecule has 0 aromatic heterocycles. The van der Waals surface area contributed by atoms with Crippen LogP contribution in [0, 0.1) is 17.9 Å². The van der Waals surface area contributed by atoms with Crippen molar-refractivity contribution >= 4 is 0 Å². The van der Waals surface area contributed by atoms with Gasteiger partial charge in [-0.15, -0.1) is 0 Å². The summed E-state index contributed by atoms with van der Waals surface area (Å²) in [6.45, 7) is 8.28. The molecule has 3 nitrogen and oxygen atoms in total. The smallest absolute Gasteiger partial charge is 0.264 e. The van der Waals surface area contributed by atoms with Crippen LogP contribution in [0.4, 0.5) is 0 Å². The van der Waals surface area contributed by atoms with E-state index in [2.05, 4.69) is 9.58 Å². The molecule has 0 amide bonds. The average molecular weight is 148 g/mol. The summed E-state index contributed by atoms with van der Waals surface area (Å²) in [4.78, 5) is 3.02. The van der Waals surface area contributed by atoms with Gasteiger partial charge in [-0.2, -0.15) is 0 Å². The molecule has 3 heteroatoms. The molecule has 0 aromatic carbocycles. The zero-order chi connectivity index (χ0) is 8.69. The van der Waals surface area contributed by atoms with Crippen LogP contribution in [0.25, 0.3) is 4.85 Å². The van der Waals surface area contributed by atoms with Crippen molar-refractivity contribution in [2.75, 3.05) is 7.11 Å². The molecule has 0 aliphatic carbocycles. The Morgan fingerprint density at radius 3 is 2.73 bits per heavy atom. The van der Waals surface area contributed by atoms with Crippen LogP contribution in [0.1, 0.15) is 6.92 Å². The van der Waals surface area contributed by atoms with Crippen LogP contribution in [0.3, 0.4) is 0 Å². The molecule has 0 atom stereocenters. The molecule has 0 rings (SSSR count). The predicted molar refractivity (Wildman–Crippen MR) is 41.1 cm³/mol. The number of hydrogen-bond donors (Lipinski definition) is 0. The Hall–Kier alpha value is -1.74. The molecule has 0 aromatic rings. The Morgan fingerprint density at radius 2 is 2.36 bits per heavy atom. The first-order valence-corrected chi connectivity index (χ1v) is 2.94. The van der Waals surface area contributed by atoms with Gasteiger partial charge in [-0.25, -0.2) is 10.1 Å². The van der Waals surface area contributed by atoms with Gasteiger partial charge in [0.15, 0.2) is 0 Å². The first-order valence-electron chi connectivity index (χ1n) is 2.94. The van der Waals surface area contributed by atoms with Gasteiger partial charge in [0.1, 0.15) is 0 Å². The molecular weight excluding hydrogens is 140 g/mol. The van der Waals surface area contributed by atoms with Crippen LogP contribution in [0.2, 0.25) is 0 Å². The van der Waals surface area contributed by atoms with Crippen molar-refractivity contribution in [2.24, 2.45) is 0 Å². The van der Waals surface area contributed by atoms with Crippen molar-refractivity contribution in [3.05, 3.63) is 35.0 Å². The van der Waals surface area contributed by atoms with Crippen molar-refractivity contribution in [3.8, 4) is 6.07 Å². The summed E-state index contributed by atoms with van der Waals surface area (Å²) in [5.74, 6) is 0. The maximum absolute atomic E-state index is 8.40. The lowest BCUT2D eigenvalue weighted by atomic mass is 10.2. The molecule has 0 unspecified atom stereocenters. The number of ether oxygens (including phenoxy) is 1. The third-order valence-electron chi connectivity index (χ3n) is 1.05. The first-order chi connectivity index (χ1) is 5.26. The second kappa shape index (κ2) is 5.08.